The van der Waals surface area contributed by atoms with E-state index in [0.717, 1.165) is 42.0 Å². The van der Waals surface area contributed by atoms with Crippen LogP contribution >= 0.6 is 0 Å². The third-order valence-corrected chi connectivity index (χ3v) is 10.6. The van der Waals surface area contributed by atoms with E-state index in [9.17, 15) is 14.4 Å². The van der Waals surface area contributed by atoms with E-state index in [1.165, 1.54) is 16.7 Å². The zero-order valence-electron chi connectivity index (χ0n) is 30.2. The molecular formula is C46H46N3O3+3. The molecule has 0 spiro atoms. The quantitative estimate of drug-likeness (QED) is 0.0908. The first-order valence-electron chi connectivity index (χ1n) is 17.8. The largest absolute Gasteiger partial charge is 0.298 e. The second-order valence-electron chi connectivity index (χ2n) is 14.0. The predicted octanol–water partition coefficient (Wildman–Crippen LogP) is 7.08. The van der Waals surface area contributed by atoms with Gasteiger partial charge in [-0.05, 0) is 69.4 Å². The molecule has 6 nitrogen and oxygen atoms in total. The van der Waals surface area contributed by atoms with Gasteiger partial charge in [0.2, 0.25) is 0 Å². The Kier molecular flexibility index (Phi) is 11.4. The van der Waals surface area contributed by atoms with Crippen LogP contribution in [0.4, 0.5) is 0 Å². The number of aryl methyl sites for hydroxylation is 3. The number of hydrogen-bond acceptors (Lipinski definition) is 3. The van der Waals surface area contributed by atoms with Crippen molar-refractivity contribution in [1.29, 1.82) is 0 Å². The summed E-state index contributed by atoms with van der Waals surface area (Å²) in [5.74, 6) is -0.131. The highest BCUT2D eigenvalue weighted by Gasteiger charge is 2.41. The molecule has 5 atom stereocenters. The highest BCUT2D eigenvalue weighted by molar-refractivity contribution is 5.75. The number of rotatable bonds is 14. The molecule has 0 aliphatic heterocycles. The van der Waals surface area contributed by atoms with Crippen molar-refractivity contribution < 1.29 is 28.1 Å². The van der Waals surface area contributed by atoms with E-state index in [2.05, 4.69) is 126 Å². The van der Waals surface area contributed by atoms with E-state index in [1.54, 1.807) is 0 Å². The molecule has 6 aromatic rings. The number of nitrogens with zero attached hydrogens (tertiary/aromatic N) is 3. The molecule has 0 amide bonds. The fraction of sp³-hybridized carbons (Fsp3) is 0.217. The SMILES string of the molecule is C[C@@H](c1cc[n+](C)cc1)C(c1ccc(C=O)cc1)C(c1ccc(C=O)cc1)C(c1cc[n+](C)cc1)C(Cc1ccc(C=O)cc1)c1cc[n+](C)cc1. The lowest BCUT2D eigenvalue weighted by Crippen LogP contribution is -2.32. The third-order valence-electron chi connectivity index (χ3n) is 10.6. The second kappa shape index (κ2) is 16.4. The lowest BCUT2D eigenvalue weighted by atomic mass is 9.61. The van der Waals surface area contributed by atoms with Crippen LogP contribution in [0, 0.1) is 0 Å². The van der Waals surface area contributed by atoms with Crippen LogP contribution in [0.1, 0.15) is 101 Å². The maximum Gasteiger partial charge on any atom is 0.168 e. The van der Waals surface area contributed by atoms with Crippen LogP contribution in [-0.4, -0.2) is 18.9 Å². The van der Waals surface area contributed by atoms with E-state index in [0.29, 0.717) is 16.7 Å². The molecule has 4 unspecified atom stereocenters. The molecule has 260 valence electrons. The Hall–Kier alpha value is -5.88. The van der Waals surface area contributed by atoms with E-state index >= 15 is 0 Å². The standard InChI is InChI=1S/C46H46N3O3/c1-33(38-17-23-47(2)24-18-38)44(40-13-9-36(31-51)10-14-40)46(41-15-11-37(32-52)12-16-41)45(42-21-27-49(4)28-22-42)43(39-19-25-48(3)26-20-39)29-34-5-7-35(30-50)8-6-34/h5-28,30-33,43-46H,29H2,1-4H3/q+3/t33-,43?,44?,45?,46?/m0/s1. The minimum Gasteiger partial charge on any atom is -0.298 e. The molecule has 0 radical (unpaired) electrons. The van der Waals surface area contributed by atoms with Gasteiger partial charge >= 0.3 is 0 Å². The number of aldehydes is 3. The summed E-state index contributed by atoms with van der Waals surface area (Å²) in [5.41, 5.74) is 8.94. The van der Waals surface area contributed by atoms with Crippen LogP contribution in [-0.2, 0) is 27.6 Å². The lowest BCUT2D eigenvalue weighted by Gasteiger charge is -2.42. The fourth-order valence-electron chi connectivity index (χ4n) is 7.68. The van der Waals surface area contributed by atoms with Gasteiger partial charge in [0.05, 0.1) is 0 Å². The van der Waals surface area contributed by atoms with Gasteiger partial charge in [0.1, 0.15) is 40.0 Å². The molecular weight excluding hydrogens is 643 g/mol. The molecule has 0 saturated carbocycles. The van der Waals surface area contributed by atoms with Crippen LogP contribution in [0.15, 0.2) is 146 Å². The molecule has 0 bridgehead atoms. The Morgan fingerprint density at radius 1 is 0.423 bits per heavy atom. The third kappa shape index (κ3) is 8.18. The van der Waals surface area contributed by atoms with Crippen molar-refractivity contribution in [2.45, 2.75) is 42.9 Å². The van der Waals surface area contributed by atoms with Crippen LogP contribution in [0.5, 0.6) is 0 Å². The smallest absolute Gasteiger partial charge is 0.168 e. The summed E-state index contributed by atoms with van der Waals surface area (Å²) in [4.78, 5) is 35.4. The number of carbonyl (C=O) groups is 3. The first kappa shape index (κ1) is 35.9. The van der Waals surface area contributed by atoms with E-state index in [1.807, 2.05) is 62.1 Å². The van der Waals surface area contributed by atoms with Gasteiger partial charge in [0.15, 0.2) is 37.2 Å². The van der Waals surface area contributed by atoms with Crippen LogP contribution in [0.25, 0.3) is 0 Å². The zero-order valence-corrected chi connectivity index (χ0v) is 30.2. The van der Waals surface area contributed by atoms with Gasteiger partial charge in [-0.25, -0.2) is 13.7 Å². The maximum absolute atomic E-state index is 11.9. The monoisotopic (exact) mass is 688 g/mol. The van der Waals surface area contributed by atoms with Crippen molar-refractivity contribution in [2.24, 2.45) is 21.1 Å². The molecule has 0 aliphatic rings. The highest BCUT2D eigenvalue weighted by Crippen LogP contribution is 2.55. The molecule has 0 N–H and O–H groups in total. The van der Waals surface area contributed by atoms with E-state index in [-0.39, 0.29) is 29.6 Å². The molecule has 6 rings (SSSR count). The normalized spacial score (nSPS) is 14.1. The summed E-state index contributed by atoms with van der Waals surface area (Å²) < 4.78 is 6.17. The van der Waals surface area contributed by atoms with Crippen molar-refractivity contribution in [3.63, 3.8) is 0 Å². The minimum absolute atomic E-state index is 0.00394. The summed E-state index contributed by atoms with van der Waals surface area (Å²) in [7, 11) is 6.09. The predicted molar refractivity (Wildman–Crippen MR) is 201 cm³/mol. The van der Waals surface area contributed by atoms with Gasteiger partial charge in [-0.15, -0.1) is 0 Å². The molecule has 3 aromatic carbocycles. The Labute approximate surface area is 306 Å². The van der Waals surface area contributed by atoms with Crippen molar-refractivity contribution >= 4 is 18.9 Å². The number of carbonyl (C=O) groups excluding carboxylic acids is 3. The van der Waals surface area contributed by atoms with Gasteiger partial charge in [-0.2, -0.15) is 0 Å². The molecule has 6 heteroatoms. The highest BCUT2D eigenvalue weighted by atomic mass is 16.1. The van der Waals surface area contributed by atoms with Gasteiger partial charge < -0.3 is 0 Å². The summed E-state index contributed by atoms with van der Waals surface area (Å²) in [5, 5.41) is 0. The van der Waals surface area contributed by atoms with E-state index in [4.69, 9.17) is 0 Å². The summed E-state index contributed by atoms with van der Waals surface area (Å²) in [6, 6.07) is 37.4. The number of pyridine rings is 3. The van der Waals surface area contributed by atoms with Gasteiger partial charge in [-0.1, -0.05) is 79.7 Å². The Bertz CT molecular complexity index is 2090. The molecule has 0 saturated heterocycles. The van der Waals surface area contributed by atoms with Crippen LogP contribution in [0.3, 0.4) is 0 Å². The Morgan fingerprint density at radius 3 is 1.19 bits per heavy atom. The van der Waals surface area contributed by atoms with Gasteiger partial charge in [-0.3, -0.25) is 14.4 Å². The van der Waals surface area contributed by atoms with Gasteiger partial charge in [0.25, 0.3) is 0 Å². The first-order chi connectivity index (χ1) is 25.3. The second-order valence-corrected chi connectivity index (χ2v) is 14.0. The minimum atomic E-state index is -0.0901. The average molecular weight is 689 g/mol. The Balaban J connectivity index is 1.66. The molecule has 3 heterocycles. The van der Waals surface area contributed by atoms with E-state index < -0.39 is 0 Å². The lowest BCUT2D eigenvalue weighted by molar-refractivity contribution is -0.671. The summed E-state index contributed by atoms with van der Waals surface area (Å²) in [6.45, 7) is 2.30. The van der Waals surface area contributed by atoms with Crippen molar-refractivity contribution in [1.82, 2.24) is 0 Å². The van der Waals surface area contributed by atoms with Crippen LogP contribution < -0.4 is 13.7 Å². The average Bonchev–Trinajstić information content (AvgIpc) is 3.19. The Morgan fingerprint density at radius 2 is 0.769 bits per heavy atom. The fourth-order valence-corrected chi connectivity index (χ4v) is 7.68. The summed E-state index contributed by atoms with van der Waals surface area (Å²) >= 11 is 0. The van der Waals surface area contributed by atoms with Crippen molar-refractivity contribution in [3.05, 3.63) is 196 Å². The first-order valence-corrected chi connectivity index (χ1v) is 17.8. The maximum atomic E-state index is 11.9. The molecule has 52 heavy (non-hydrogen) atoms. The molecule has 3 aromatic heterocycles. The number of hydrogen-bond donors (Lipinski definition) is 0. The van der Waals surface area contributed by atoms with Crippen molar-refractivity contribution in [2.75, 3.05) is 0 Å². The topological polar surface area (TPSA) is 62.9 Å². The van der Waals surface area contributed by atoms with Gasteiger partial charge in [0, 0.05) is 53.1 Å². The van der Waals surface area contributed by atoms with Crippen LogP contribution in [0.2, 0.25) is 0 Å². The number of benzene rings is 3. The summed E-state index contributed by atoms with van der Waals surface area (Å²) in [6.07, 6.45) is 16.0. The number of aromatic nitrogens is 3. The van der Waals surface area contributed by atoms with Crippen molar-refractivity contribution in [3.8, 4) is 0 Å². The molecule has 0 aliphatic carbocycles. The zero-order chi connectivity index (χ0) is 36.6. The molecule has 0 fully saturated rings.